The Bertz CT molecular complexity index is 974. The maximum absolute atomic E-state index is 12.5. The highest BCUT2D eigenvalue weighted by Gasteiger charge is 2.34. The number of benzene rings is 1. The molecule has 28 heavy (non-hydrogen) atoms. The molecule has 0 unspecified atom stereocenters. The van der Waals surface area contributed by atoms with E-state index < -0.39 is 14.6 Å². The van der Waals surface area contributed by atoms with Gasteiger partial charge in [-0.3, -0.25) is 0 Å². The summed E-state index contributed by atoms with van der Waals surface area (Å²) in [5.74, 6) is 1.27. The number of fused-ring (bicyclic) bond motifs is 1. The molecule has 1 saturated carbocycles. The molecule has 3 nitrogen and oxygen atoms in total. The van der Waals surface area contributed by atoms with Crippen LogP contribution in [0, 0.1) is 11.8 Å². The van der Waals surface area contributed by atoms with Gasteiger partial charge in [-0.05, 0) is 81.9 Å². The number of hydrogen-bond acceptors (Lipinski definition) is 4. The first-order valence-electron chi connectivity index (χ1n) is 10.2. The van der Waals surface area contributed by atoms with E-state index in [1.807, 2.05) is 32.3 Å². The summed E-state index contributed by atoms with van der Waals surface area (Å²) in [6.07, 6.45) is 9.56. The number of thiazole rings is 1. The summed E-state index contributed by atoms with van der Waals surface area (Å²) < 4.78 is 24.4. The van der Waals surface area contributed by atoms with Crippen LogP contribution in [-0.4, -0.2) is 23.9 Å². The standard InChI is InChI=1S/C23H29NO2S2/c1-23(2,3)28(25,26)15-16-4-6-17(7-5-16)20-12-18-8-9-19(13-21(18)14-20)22-24-10-11-27-22/h8-11,13-14,16-17H,4-7,12,15H2,1-3H3. The lowest BCUT2D eigenvalue weighted by atomic mass is 9.78. The van der Waals surface area contributed by atoms with Crippen molar-refractivity contribution in [2.45, 2.75) is 57.6 Å². The van der Waals surface area contributed by atoms with Gasteiger partial charge in [0.15, 0.2) is 9.84 Å². The topological polar surface area (TPSA) is 47.0 Å². The second kappa shape index (κ2) is 7.42. The van der Waals surface area contributed by atoms with Crippen molar-refractivity contribution in [1.29, 1.82) is 0 Å². The Labute approximate surface area is 172 Å². The monoisotopic (exact) mass is 415 g/mol. The van der Waals surface area contributed by atoms with E-state index in [0.29, 0.717) is 17.6 Å². The van der Waals surface area contributed by atoms with Crippen LogP contribution >= 0.6 is 11.3 Å². The highest BCUT2D eigenvalue weighted by Crippen LogP contribution is 2.40. The summed E-state index contributed by atoms with van der Waals surface area (Å²) >= 11 is 1.68. The fraction of sp³-hybridized carbons (Fsp3) is 0.522. The predicted molar refractivity (Wildman–Crippen MR) is 118 cm³/mol. The van der Waals surface area contributed by atoms with Gasteiger partial charge in [0.25, 0.3) is 0 Å². The molecule has 0 atom stereocenters. The zero-order valence-electron chi connectivity index (χ0n) is 16.9. The van der Waals surface area contributed by atoms with Gasteiger partial charge in [0.05, 0.1) is 10.5 Å². The van der Waals surface area contributed by atoms with E-state index in [4.69, 9.17) is 0 Å². The van der Waals surface area contributed by atoms with E-state index in [-0.39, 0.29) is 0 Å². The highest BCUT2D eigenvalue weighted by atomic mass is 32.2. The van der Waals surface area contributed by atoms with Gasteiger partial charge in [-0.1, -0.05) is 23.8 Å². The first-order valence-corrected chi connectivity index (χ1v) is 12.7. The van der Waals surface area contributed by atoms with Gasteiger partial charge >= 0.3 is 0 Å². The maximum Gasteiger partial charge on any atom is 0.155 e. The summed E-state index contributed by atoms with van der Waals surface area (Å²) in [7, 11) is -3.02. The van der Waals surface area contributed by atoms with Crippen LogP contribution in [0.4, 0.5) is 0 Å². The molecule has 1 aromatic heterocycles. The number of allylic oxidation sites excluding steroid dienone is 1. The molecule has 0 amide bonds. The van der Waals surface area contributed by atoms with E-state index in [2.05, 4.69) is 29.3 Å². The summed E-state index contributed by atoms with van der Waals surface area (Å²) in [5.41, 5.74) is 5.47. The van der Waals surface area contributed by atoms with Gasteiger partial charge in [-0.15, -0.1) is 11.3 Å². The molecule has 2 aliphatic rings. The minimum atomic E-state index is -3.02. The second-order valence-electron chi connectivity index (χ2n) is 9.26. The number of hydrogen-bond donors (Lipinski definition) is 0. The van der Waals surface area contributed by atoms with Gasteiger partial charge in [0.1, 0.15) is 5.01 Å². The van der Waals surface area contributed by atoms with Crippen molar-refractivity contribution < 1.29 is 8.42 Å². The van der Waals surface area contributed by atoms with Gasteiger partial charge in [-0.25, -0.2) is 13.4 Å². The molecule has 0 N–H and O–H groups in total. The second-order valence-corrected chi connectivity index (χ2v) is 12.9. The Morgan fingerprint density at radius 2 is 1.89 bits per heavy atom. The lowest BCUT2D eigenvalue weighted by molar-refractivity contribution is 0.319. The smallest absolute Gasteiger partial charge is 0.155 e. The lowest BCUT2D eigenvalue weighted by Crippen LogP contribution is -2.34. The fourth-order valence-corrected chi connectivity index (χ4v) is 6.47. The lowest BCUT2D eigenvalue weighted by Gasteiger charge is -2.31. The minimum absolute atomic E-state index is 0.321. The zero-order chi connectivity index (χ0) is 19.9. The first-order chi connectivity index (χ1) is 13.2. The van der Waals surface area contributed by atoms with Crippen LogP contribution in [0.1, 0.15) is 57.6 Å². The SMILES string of the molecule is CC(C)(C)S(=O)(=O)CC1CCC(C2=Cc3cc(-c4nccs4)ccc3C2)CC1. The van der Waals surface area contributed by atoms with Crippen molar-refractivity contribution in [2.24, 2.45) is 11.8 Å². The Kier molecular flexibility index (Phi) is 5.25. The van der Waals surface area contributed by atoms with Crippen molar-refractivity contribution >= 4 is 27.3 Å². The summed E-state index contributed by atoms with van der Waals surface area (Å²) in [4.78, 5) is 4.42. The third kappa shape index (κ3) is 3.97. The van der Waals surface area contributed by atoms with Crippen LogP contribution < -0.4 is 0 Å². The van der Waals surface area contributed by atoms with E-state index in [1.54, 1.807) is 11.3 Å². The van der Waals surface area contributed by atoms with Crippen LogP contribution in [0.2, 0.25) is 0 Å². The largest absolute Gasteiger partial charge is 0.245 e. The van der Waals surface area contributed by atoms with Crippen LogP contribution in [0.5, 0.6) is 0 Å². The van der Waals surface area contributed by atoms with E-state index in [1.165, 1.54) is 22.3 Å². The predicted octanol–water partition coefficient (Wildman–Crippen LogP) is 5.77. The fourth-order valence-electron chi connectivity index (χ4n) is 4.38. The molecule has 1 aromatic carbocycles. The Balaban J connectivity index is 1.41. The van der Waals surface area contributed by atoms with Crippen molar-refractivity contribution in [2.75, 3.05) is 5.75 Å². The van der Waals surface area contributed by atoms with E-state index >= 15 is 0 Å². The molecule has 4 rings (SSSR count). The van der Waals surface area contributed by atoms with E-state index in [0.717, 1.165) is 37.1 Å². The minimum Gasteiger partial charge on any atom is -0.245 e. The highest BCUT2D eigenvalue weighted by molar-refractivity contribution is 7.92. The van der Waals surface area contributed by atoms with Crippen LogP contribution in [0.15, 0.2) is 35.3 Å². The Morgan fingerprint density at radius 1 is 1.14 bits per heavy atom. The molecule has 5 heteroatoms. The van der Waals surface area contributed by atoms with Crippen molar-refractivity contribution in [1.82, 2.24) is 4.98 Å². The van der Waals surface area contributed by atoms with Crippen molar-refractivity contribution in [3.8, 4) is 10.6 Å². The molecule has 1 heterocycles. The van der Waals surface area contributed by atoms with Crippen molar-refractivity contribution in [3.05, 3.63) is 46.5 Å². The van der Waals surface area contributed by atoms with Crippen LogP contribution in [0.3, 0.4) is 0 Å². The quantitative estimate of drug-likeness (QED) is 0.637. The molecule has 0 radical (unpaired) electrons. The Morgan fingerprint density at radius 3 is 2.54 bits per heavy atom. The van der Waals surface area contributed by atoms with E-state index in [9.17, 15) is 8.42 Å². The molecule has 2 aliphatic carbocycles. The van der Waals surface area contributed by atoms with Gasteiger partial charge in [0, 0.05) is 17.1 Å². The average Bonchev–Trinajstić information content (AvgIpc) is 3.30. The third-order valence-electron chi connectivity index (χ3n) is 6.32. The van der Waals surface area contributed by atoms with Gasteiger partial charge in [-0.2, -0.15) is 0 Å². The summed E-state index contributed by atoms with van der Waals surface area (Å²) in [5, 5.41) is 3.09. The molecule has 0 aliphatic heterocycles. The number of aromatic nitrogens is 1. The number of rotatable bonds is 4. The molecule has 0 saturated heterocycles. The summed E-state index contributed by atoms with van der Waals surface area (Å²) in [6.45, 7) is 5.44. The number of nitrogens with zero attached hydrogens (tertiary/aromatic N) is 1. The summed E-state index contributed by atoms with van der Waals surface area (Å²) in [6, 6.07) is 6.70. The normalized spacial score (nSPS) is 22.8. The van der Waals surface area contributed by atoms with Gasteiger partial charge < -0.3 is 0 Å². The average molecular weight is 416 g/mol. The van der Waals surface area contributed by atoms with Gasteiger partial charge in [0.2, 0.25) is 0 Å². The number of sulfone groups is 1. The molecular formula is C23H29NO2S2. The first kappa shape index (κ1) is 19.8. The Hall–Kier alpha value is -1.46. The molecule has 0 bridgehead atoms. The van der Waals surface area contributed by atoms with Crippen molar-refractivity contribution in [3.63, 3.8) is 0 Å². The molecular weight excluding hydrogens is 386 g/mol. The van der Waals surface area contributed by atoms with Crippen LogP contribution in [0.25, 0.3) is 16.6 Å². The maximum atomic E-state index is 12.5. The molecule has 0 spiro atoms. The zero-order valence-corrected chi connectivity index (χ0v) is 18.6. The molecule has 150 valence electrons. The van der Waals surface area contributed by atoms with Crippen LogP contribution in [-0.2, 0) is 16.3 Å². The molecule has 1 fully saturated rings. The third-order valence-corrected chi connectivity index (χ3v) is 9.92. The molecule has 2 aromatic rings.